The van der Waals surface area contributed by atoms with E-state index in [4.69, 9.17) is 40.5 Å². The van der Waals surface area contributed by atoms with Gasteiger partial charge in [0.15, 0.2) is 0 Å². The third-order valence-electron chi connectivity index (χ3n) is 4.82. The Kier molecular flexibility index (Phi) is 7.72. The van der Waals surface area contributed by atoms with E-state index < -0.39 is 0 Å². The number of nitrogens with one attached hydrogen (secondary N) is 1. The molecule has 0 unspecified atom stereocenters. The van der Waals surface area contributed by atoms with Gasteiger partial charge < -0.3 is 11.1 Å². The zero-order valence-corrected chi connectivity index (χ0v) is 19.0. The van der Waals surface area contributed by atoms with Crippen molar-refractivity contribution in [3.8, 4) is 0 Å². The zero-order chi connectivity index (χ0) is 22.5. The molecule has 0 spiro atoms. The van der Waals surface area contributed by atoms with Crippen LogP contribution in [0.2, 0.25) is 15.2 Å². The average molecular weight is 484 g/mol. The Balaban J connectivity index is 1.69. The van der Waals surface area contributed by atoms with Crippen LogP contribution in [0.3, 0.4) is 0 Å². The molecule has 8 nitrogen and oxygen atoms in total. The summed E-state index contributed by atoms with van der Waals surface area (Å²) in [4.78, 5) is 25.4. The second-order valence-corrected chi connectivity index (χ2v) is 8.11. The van der Waals surface area contributed by atoms with Crippen LogP contribution in [0.5, 0.6) is 0 Å². The molecule has 0 radical (unpaired) electrons. The molecule has 164 valence electrons. The maximum absolute atomic E-state index is 12.9. The van der Waals surface area contributed by atoms with Gasteiger partial charge in [0.2, 0.25) is 5.91 Å². The summed E-state index contributed by atoms with van der Waals surface area (Å²) in [5.41, 5.74) is 8.15. The van der Waals surface area contributed by atoms with Crippen molar-refractivity contribution in [2.45, 2.75) is 39.5 Å². The quantitative estimate of drug-likeness (QED) is 0.512. The fraction of sp³-hybridized carbons (Fsp3) is 0.300. The summed E-state index contributed by atoms with van der Waals surface area (Å²) in [6.07, 6.45) is 2.92. The lowest BCUT2D eigenvalue weighted by Crippen LogP contribution is -2.33. The summed E-state index contributed by atoms with van der Waals surface area (Å²) >= 11 is 18.0. The van der Waals surface area contributed by atoms with Crippen LogP contribution < -0.4 is 16.6 Å². The Morgan fingerprint density at radius 2 is 1.81 bits per heavy atom. The van der Waals surface area contributed by atoms with Gasteiger partial charge in [0.05, 0.1) is 36.9 Å². The number of benzene rings is 1. The molecule has 0 saturated heterocycles. The zero-order valence-electron chi connectivity index (χ0n) is 16.7. The third-order valence-corrected chi connectivity index (χ3v) is 5.83. The van der Waals surface area contributed by atoms with Crippen LogP contribution >= 0.6 is 34.8 Å². The maximum atomic E-state index is 12.9. The second-order valence-electron chi connectivity index (χ2n) is 6.91. The highest BCUT2D eigenvalue weighted by Crippen LogP contribution is 2.20. The largest absolute Gasteiger partial charge is 0.352 e. The number of carbonyl (C=O) groups is 1. The van der Waals surface area contributed by atoms with Crippen molar-refractivity contribution < 1.29 is 4.79 Å². The van der Waals surface area contributed by atoms with Crippen LogP contribution in [-0.4, -0.2) is 25.5 Å². The molecule has 31 heavy (non-hydrogen) atoms. The number of halogens is 3. The van der Waals surface area contributed by atoms with Gasteiger partial charge >= 0.3 is 0 Å². The summed E-state index contributed by atoms with van der Waals surface area (Å²) < 4.78 is 2.76. The van der Waals surface area contributed by atoms with Gasteiger partial charge in [-0.1, -0.05) is 40.9 Å². The lowest BCUT2D eigenvalue weighted by molar-refractivity contribution is -0.120. The lowest BCUT2D eigenvalue weighted by atomic mass is 10.1. The van der Waals surface area contributed by atoms with E-state index >= 15 is 0 Å². The van der Waals surface area contributed by atoms with Crippen LogP contribution in [0.4, 0.5) is 0 Å². The number of rotatable bonds is 8. The molecule has 1 aromatic carbocycles. The van der Waals surface area contributed by atoms with Crippen LogP contribution in [0.25, 0.3) is 0 Å². The molecule has 1 amide bonds. The molecule has 0 saturated carbocycles. The minimum absolute atomic E-state index is 0.0694. The molecule has 3 rings (SSSR count). The highest BCUT2D eigenvalue weighted by molar-refractivity contribution is 6.41. The van der Waals surface area contributed by atoms with Crippen molar-refractivity contribution in [2.75, 3.05) is 0 Å². The first kappa shape index (κ1) is 23.3. The van der Waals surface area contributed by atoms with Gasteiger partial charge in [0.1, 0.15) is 5.15 Å². The minimum Gasteiger partial charge on any atom is -0.352 e. The number of nitrogens with zero attached hydrogens (tertiary/aromatic N) is 4. The number of carbonyl (C=O) groups excluding carboxylic acids is 1. The minimum atomic E-state index is -0.338. The molecule has 0 aliphatic heterocycles. The van der Waals surface area contributed by atoms with Gasteiger partial charge in [-0.15, -0.1) is 0 Å². The van der Waals surface area contributed by atoms with Gasteiger partial charge in [0, 0.05) is 23.7 Å². The SMILES string of the molecule is Cc1cnn(CCn2ncc(Cl)c2Cl)c(=O)c1CC(=O)NCc1cc(Cl)ccc1CN. The first-order chi connectivity index (χ1) is 14.8. The lowest BCUT2D eigenvalue weighted by Gasteiger charge is -2.12. The Morgan fingerprint density at radius 3 is 2.48 bits per heavy atom. The van der Waals surface area contributed by atoms with Gasteiger partial charge in [-0.3, -0.25) is 14.3 Å². The van der Waals surface area contributed by atoms with Crippen LogP contribution in [-0.2, 0) is 37.4 Å². The monoisotopic (exact) mass is 482 g/mol. The fourth-order valence-electron chi connectivity index (χ4n) is 3.05. The van der Waals surface area contributed by atoms with Crippen molar-refractivity contribution in [3.05, 3.63) is 78.4 Å². The van der Waals surface area contributed by atoms with Crippen molar-refractivity contribution in [1.29, 1.82) is 0 Å². The number of aryl methyl sites for hydroxylation is 3. The molecule has 0 fully saturated rings. The highest BCUT2D eigenvalue weighted by atomic mass is 35.5. The molecular formula is C20H21Cl3N6O2. The summed E-state index contributed by atoms with van der Waals surface area (Å²) in [6.45, 7) is 2.89. The Labute approximate surface area is 193 Å². The summed E-state index contributed by atoms with van der Waals surface area (Å²) in [7, 11) is 0. The van der Waals surface area contributed by atoms with Gasteiger partial charge in [-0.25, -0.2) is 4.68 Å². The normalized spacial score (nSPS) is 11.0. The van der Waals surface area contributed by atoms with Crippen LogP contribution in [0.1, 0.15) is 22.3 Å². The van der Waals surface area contributed by atoms with Gasteiger partial charge in [-0.05, 0) is 35.7 Å². The molecule has 0 aliphatic carbocycles. The molecule has 0 bridgehead atoms. The number of aromatic nitrogens is 4. The van der Waals surface area contributed by atoms with Crippen LogP contribution in [0.15, 0.2) is 35.4 Å². The summed E-state index contributed by atoms with van der Waals surface area (Å²) in [5, 5.41) is 12.2. The molecule has 0 aliphatic rings. The van der Waals surface area contributed by atoms with E-state index in [1.54, 1.807) is 25.3 Å². The number of amides is 1. The molecule has 3 N–H and O–H groups in total. The first-order valence-corrected chi connectivity index (χ1v) is 10.6. The third kappa shape index (κ3) is 5.65. The molecular weight excluding hydrogens is 463 g/mol. The van der Waals surface area contributed by atoms with E-state index in [0.717, 1.165) is 11.1 Å². The second kappa shape index (κ2) is 10.3. The summed E-state index contributed by atoms with van der Waals surface area (Å²) in [6, 6.07) is 5.35. The topological polar surface area (TPSA) is 108 Å². The predicted molar refractivity (Wildman–Crippen MR) is 120 cm³/mol. The smallest absolute Gasteiger partial charge is 0.270 e. The Hall–Kier alpha value is -2.39. The Morgan fingerprint density at radius 1 is 1.10 bits per heavy atom. The molecule has 2 heterocycles. The average Bonchev–Trinajstić information content (AvgIpc) is 3.07. The number of hydrogen-bond donors (Lipinski definition) is 2. The van der Waals surface area contributed by atoms with Crippen LogP contribution in [0, 0.1) is 6.92 Å². The van der Waals surface area contributed by atoms with E-state index in [1.165, 1.54) is 15.6 Å². The molecule has 3 aromatic rings. The molecule has 2 aromatic heterocycles. The van der Waals surface area contributed by atoms with Crippen molar-refractivity contribution in [2.24, 2.45) is 5.73 Å². The molecule has 11 heteroatoms. The van der Waals surface area contributed by atoms with Crippen molar-refractivity contribution in [1.82, 2.24) is 24.9 Å². The first-order valence-electron chi connectivity index (χ1n) is 9.46. The maximum Gasteiger partial charge on any atom is 0.270 e. The van der Waals surface area contributed by atoms with Crippen molar-refractivity contribution >= 4 is 40.7 Å². The van der Waals surface area contributed by atoms with E-state index in [0.29, 0.717) is 39.4 Å². The molecule has 0 atom stereocenters. The Bertz CT molecular complexity index is 1160. The fourth-order valence-corrected chi connectivity index (χ4v) is 3.57. The van der Waals surface area contributed by atoms with Crippen molar-refractivity contribution in [3.63, 3.8) is 0 Å². The van der Waals surface area contributed by atoms with E-state index in [1.807, 2.05) is 6.07 Å². The number of nitrogens with two attached hydrogens (primary N) is 1. The van der Waals surface area contributed by atoms with E-state index in [2.05, 4.69) is 15.5 Å². The summed E-state index contributed by atoms with van der Waals surface area (Å²) in [5.74, 6) is -0.289. The van der Waals surface area contributed by atoms with E-state index in [9.17, 15) is 9.59 Å². The predicted octanol–water partition coefficient (Wildman–Crippen LogP) is 2.73. The highest BCUT2D eigenvalue weighted by Gasteiger charge is 2.14. The standard InChI is InChI=1S/C20H21Cl3N6O2/c1-12-9-26-29(5-4-28-19(23)17(22)11-27-28)20(31)16(12)7-18(30)25-10-14-6-15(21)3-2-13(14)8-24/h2-3,6,9,11H,4-5,7-8,10,24H2,1H3,(H,25,30). The van der Waals surface area contributed by atoms with E-state index in [-0.39, 0.29) is 31.0 Å². The van der Waals surface area contributed by atoms with Gasteiger partial charge in [-0.2, -0.15) is 10.2 Å². The number of hydrogen-bond acceptors (Lipinski definition) is 5. The van der Waals surface area contributed by atoms with Gasteiger partial charge in [0.25, 0.3) is 5.56 Å².